The highest BCUT2D eigenvalue weighted by atomic mass is 16.5. The van der Waals surface area contributed by atoms with E-state index in [9.17, 15) is 9.59 Å². The van der Waals surface area contributed by atoms with Crippen LogP contribution < -0.4 is 10.2 Å². The predicted octanol–water partition coefficient (Wildman–Crippen LogP) is 2.87. The van der Waals surface area contributed by atoms with Gasteiger partial charge in [0.15, 0.2) is 0 Å². The Balaban J connectivity index is 1.70. The van der Waals surface area contributed by atoms with Crippen molar-refractivity contribution in [3.8, 4) is 0 Å². The zero-order valence-electron chi connectivity index (χ0n) is 14.1. The van der Waals surface area contributed by atoms with E-state index >= 15 is 0 Å². The number of esters is 1. The Labute approximate surface area is 146 Å². The largest absolute Gasteiger partial charge is 0.462 e. The Bertz CT molecular complexity index is 731. The molecule has 1 N–H and O–H groups in total. The Kier molecular flexibility index (Phi) is 5.28. The van der Waals surface area contributed by atoms with Crippen molar-refractivity contribution in [1.29, 1.82) is 0 Å². The second kappa shape index (κ2) is 7.79. The second-order valence-corrected chi connectivity index (χ2v) is 5.83. The molecule has 1 fully saturated rings. The molecule has 2 aromatic rings. The van der Waals surface area contributed by atoms with E-state index in [-0.39, 0.29) is 17.9 Å². The van der Waals surface area contributed by atoms with E-state index < -0.39 is 0 Å². The first-order valence-corrected chi connectivity index (χ1v) is 8.44. The predicted molar refractivity (Wildman–Crippen MR) is 95.6 cm³/mol. The molecule has 1 amide bonds. The highest BCUT2D eigenvalue weighted by Gasteiger charge is 2.31. The van der Waals surface area contributed by atoms with Crippen molar-refractivity contribution in [2.75, 3.05) is 23.4 Å². The maximum Gasteiger partial charge on any atom is 0.339 e. The summed E-state index contributed by atoms with van der Waals surface area (Å²) in [6.45, 7) is 2.85. The van der Waals surface area contributed by atoms with Crippen molar-refractivity contribution in [1.82, 2.24) is 4.98 Å². The lowest BCUT2D eigenvalue weighted by Gasteiger charge is -2.25. The quantitative estimate of drug-likeness (QED) is 0.848. The van der Waals surface area contributed by atoms with E-state index in [0.717, 1.165) is 25.1 Å². The molecule has 1 saturated heterocycles. The molecule has 0 aliphatic carbocycles. The monoisotopic (exact) mass is 339 g/mol. The molecule has 3 rings (SSSR count). The highest BCUT2D eigenvalue weighted by Crippen LogP contribution is 2.25. The summed E-state index contributed by atoms with van der Waals surface area (Å²) in [5.41, 5.74) is 1.19. The van der Waals surface area contributed by atoms with E-state index in [1.54, 1.807) is 19.1 Å². The van der Waals surface area contributed by atoms with Crippen molar-refractivity contribution in [3.05, 3.63) is 54.2 Å². The molecule has 6 nitrogen and oxygen atoms in total. The smallest absolute Gasteiger partial charge is 0.339 e. The van der Waals surface area contributed by atoms with E-state index in [0.29, 0.717) is 18.0 Å². The Morgan fingerprint density at radius 2 is 2.04 bits per heavy atom. The van der Waals surface area contributed by atoms with Crippen LogP contribution in [-0.4, -0.2) is 36.1 Å². The normalized spacial score (nSPS) is 16.5. The fourth-order valence-electron chi connectivity index (χ4n) is 2.95. The summed E-state index contributed by atoms with van der Waals surface area (Å²) in [5.74, 6) is 0.264. The average Bonchev–Trinajstić information content (AvgIpc) is 3.13. The molecule has 6 heteroatoms. The summed E-state index contributed by atoms with van der Waals surface area (Å²) >= 11 is 0. The van der Waals surface area contributed by atoms with Gasteiger partial charge in [-0.1, -0.05) is 18.2 Å². The number of nitrogens with zero attached hydrogens (tertiary/aromatic N) is 2. The van der Waals surface area contributed by atoms with E-state index in [2.05, 4.69) is 10.3 Å². The van der Waals surface area contributed by atoms with E-state index in [1.165, 1.54) is 6.20 Å². The molecular weight excluding hydrogens is 318 g/mol. The summed E-state index contributed by atoms with van der Waals surface area (Å²) in [7, 11) is 0. The third-order valence-electron chi connectivity index (χ3n) is 4.15. The lowest BCUT2D eigenvalue weighted by molar-refractivity contribution is -0.117. The zero-order chi connectivity index (χ0) is 17.6. The van der Waals surface area contributed by atoms with Crippen molar-refractivity contribution in [3.63, 3.8) is 0 Å². The number of carbonyl (C=O) groups is 2. The molecule has 1 unspecified atom stereocenters. The third kappa shape index (κ3) is 3.96. The summed E-state index contributed by atoms with van der Waals surface area (Å²) in [6, 6.07) is 12.6. The molecule has 1 aliphatic rings. The van der Waals surface area contributed by atoms with Gasteiger partial charge < -0.3 is 15.0 Å². The third-order valence-corrected chi connectivity index (χ3v) is 4.15. The van der Waals surface area contributed by atoms with Gasteiger partial charge in [0.1, 0.15) is 11.9 Å². The number of pyridine rings is 1. The van der Waals surface area contributed by atoms with Crippen LogP contribution in [-0.2, 0) is 9.53 Å². The number of carbonyl (C=O) groups excluding carboxylic acids is 2. The Hall–Kier alpha value is -2.89. The topological polar surface area (TPSA) is 71.5 Å². The highest BCUT2D eigenvalue weighted by molar-refractivity contribution is 5.97. The number of hydrogen-bond acceptors (Lipinski definition) is 5. The lowest BCUT2D eigenvalue weighted by Crippen LogP contribution is -2.40. The van der Waals surface area contributed by atoms with Crippen LogP contribution in [0.5, 0.6) is 0 Å². The summed E-state index contributed by atoms with van der Waals surface area (Å²) in [5, 5.41) is 2.95. The van der Waals surface area contributed by atoms with Gasteiger partial charge >= 0.3 is 5.97 Å². The maximum atomic E-state index is 12.6. The van der Waals surface area contributed by atoms with Gasteiger partial charge in [-0.3, -0.25) is 4.79 Å². The van der Waals surface area contributed by atoms with Crippen LogP contribution in [0.15, 0.2) is 48.7 Å². The number of benzene rings is 1. The first-order valence-electron chi connectivity index (χ1n) is 8.44. The van der Waals surface area contributed by atoms with Crippen LogP contribution in [0.4, 0.5) is 11.5 Å². The van der Waals surface area contributed by atoms with Gasteiger partial charge in [0.25, 0.3) is 0 Å². The van der Waals surface area contributed by atoms with Gasteiger partial charge in [-0.2, -0.15) is 0 Å². The number of ether oxygens (including phenoxy) is 1. The van der Waals surface area contributed by atoms with E-state index in [1.807, 2.05) is 35.2 Å². The number of hydrogen-bond donors (Lipinski definition) is 1. The molecule has 0 saturated carbocycles. The van der Waals surface area contributed by atoms with Gasteiger partial charge in [0.2, 0.25) is 5.91 Å². The minimum Gasteiger partial charge on any atom is -0.462 e. The first-order chi connectivity index (χ1) is 12.2. The molecule has 130 valence electrons. The van der Waals surface area contributed by atoms with Crippen LogP contribution in [0.1, 0.15) is 30.1 Å². The molecule has 1 atom stereocenters. The van der Waals surface area contributed by atoms with Gasteiger partial charge in [-0.05, 0) is 44.0 Å². The summed E-state index contributed by atoms with van der Waals surface area (Å²) in [4.78, 5) is 30.6. The summed E-state index contributed by atoms with van der Waals surface area (Å²) in [6.07, 6.45) is 3.20. The number of amides is 1. The van der Waals surface area contributed by atoms with Crippen LogP contribution in [0, 0.1) is 0 Å². The van der Waals surface area contributed by atoms with Crippen LogP contribution in [0.3, 0.4) is 0 Å². The molecule has 1 aromatic heterocycles. The minimum absolute atomic E-state index is 0.0417. The van der Waals surface area contributed by atoms with Crippen molar-refractivity contribution < 1.29 is 14.3 Å². The molecule has 0 bridgehead atoms. The fourth-order valence-corrected chi connectivity index (χ4v) is 2.95. The van der Waals surface area contributed by atoms with Crippen molar-refractivity contribution in [2.45, 2.75) is 25.8 Å². The zero-order valence-corrected chi connectivity index (χ0v) is 14.1. The standard InChI is InChI=1S/C19H21N3O3/c1-2-25-19(24)14-10-11-17(20-13-14)22-12-6-9-16(22)18(23)21-15-7-4-3-5-8-15/h3-5,7-8,10-11,13,16H,2,6,9,12H2,1H3,(H,21,23). The average molecular weight is 339 g/mol. The number of rotatable bonds is 5. The molecular formula is C19H21N3O3. The fraction of sp³-hybridized carbons (Fsp3) is 0.316. The molecule has 1 aliphatic heterocycles. The van der Waals surface area contributed by atoms with Crippen molar-refractivity contribution >= 4 is 23.4 Å². The molecule has 1 aromatic carbocycles. The first kappa shape index (κ1) is 17.0. The van der Waals surface area contributed by atoms with Crippen LogP contribution in [0.25, 0.3) is 0 Å². The molecule has 0 radical (unpaired) electrons. The Morgan fingerprint density at radius 1 is 1.24 bits per heavy atom. The minimum atomic E-state index is -0.388. The SMILES string of the molecule is CCOC(=O)c1ccc(N2CCCC2C(=O)Nc2ccccc2)nc1. The van der Waals surface area contributed by atoms with Gasteiger partial charge in [0, 0.05) is 18.4 Å². The Morgan fingerprint density at radius 3 is 2.72 bits per heavy atom. The van der Waals surface area contributed by atoms with Gasteiger partial charge in [-0.15, -0.1) is 0 Å². The van der Waals surface area contributed by atoms with E-state index in [4.69, 9.17) is 4.74 Å². The van der Waals surface area contributed by atoms with Gasteiger partial charge in [-0.25, -0.2) is 9.78 Å². The van der Waals surface area contributed by atoms with Crippen LogP contribution in [0.2, 0.25) is 0 Å². The van der Waals surface area contributed by atoms with Crippen molar-refractivity contribution in [2.24, 2.45) is 0 Å². The maximum absolute atomic E-state index is 12.6. The molecule has 25 heavy (non-hydrogen) atoms. The number of anilines is 2. The number of para-hydroxylation sites is 1. The molecule has 0 spiro atoms. The lowest BCUT2D eigenvalue weighted by atomic mass is 10.2. The number of nitrogens with one attached hydrogen (secondary N) is 1. The van der Waals surface area contributed by atoms with Crippen LogP contribution >= 0.6 is 0 Å². The second-order valence-electron chi connectivity index (χ2n) is 5.83. The molecule has 2 heterocycles. The summed E-state index contributed by atoms with van der Waals surface area (Å²) < 4.78 is 4.96. The van der Waals surface area contributed by atoms with Gasteiger partial charge in [0.05, 0.1) is 12.2 Å². The number of aromatic nitrogens is 1.